The second-order valence-corrected chi connectivity index (χ2v) is 13.0. The zero-order chi connectivity index (χ0) is 37.4. The van der Waals surface area contributed by atoms with Crippen molar-refractivity contribution in [2.45, 2.75) is 73.6 Å². The number of methoxy groups -OCH3 is 4. The fourth-order valence-corrected chi connectivity index (χ4v) is 7.16. The molecule has 0 bridgehead atoms. The van der Waals surface area contributed by atoms with Crippen LogP contribution >= 0.6 is 0 Å². The van der Waals surface area contributed by atoms with Gasteiger partial charge in [0, 0.05) is 11.8 Å². The molecule has 4 heterocycles. The summed E-state index contributed by atoms with van der Waals surface area (Å²) in [5, 5.41) is 81.0. The van der Waals surface area contributed by atoms with Gasteiger partial charge in [-0.05, 0) is 35.4 Å². The predicted octanol–water partition coefficient (Wildman–Crippen LogP) is -1.85. The summed E-state index contributed by atoms with van der Waals surface area (Å²) in [5.74, 6) is 0.683. The summed E-state index contributed by atoms with van der Waals surface area (Å²) in [6, 6.07) is 6.78. The van der Waals surface area contributed by atoms with Crippen molar-refractivity contribution in [3.8, 4) is 34.5 Å². The summed E-state index contributed by atoms with van der Waals surface area (Å²) >= 11 is 0. The maximum atomic E-state index is 10.5. The highest BCUT2D eigenvalue weighted by Gasteiger charge is 2.50. The summed E-state index contributed by atoms with van der Waals surface area (Å²) in [7, 11) is 5.66. The van der Waals surface area contributed by atoms with Crippen molar-refractivity contribution < 1.29 is 88.2 Å². The Morgan fingerprint density at radius 3 is 1.13 bits per heavy atom. The van der Waals surface area contributed by atoms with Gasteiger partial charge in [-0.1, -0.05) is 0 Å². The summed E-state index contributed by atoms with van der Waals surface area (Å²) < 4.78 is 58.0. The van der Waals surface area contributed by atoms with E-state index in [9.17, 15) is 40.9 Å². The first kappa shape index (κ1) is 38.5. The van der Waals surface area contributed by atoms with Crippen LogP contribution < -0.4 is 28.4 Å². The number of rotatable bonds is 12. The molecule has 18 nitrogen and oxygen atoms in total. The molecule has 52 heavy (non-hydrogen) atoms. The maximum Gasteiger partial charge on any atom is 0.229 e. The van der Waals surface area contributed by atoms with Crippen molar-refractivity contribution in [3.63, 3.8) is 0 Å². The quantitative estimate of drug-likeness (QED) is 0.119. The molecule has 4 saturated heterocycles. The maximum absolute atomic E-state index is 10.5. The lowest BCUT2D eigenvalue weighted by molar-refractivity contribution is -0.277. The molecule has 0 radical (unpaired) electrons. The highest BCUT2D eigenvalue weighted by atomic mass is 16.7. The second kappa shape index (κ2) is 16.0. The molecular formula is C34H46O18. The van der Waals surface area contributed by atoms with Gasteiger partial charge in [-0.3, -0.25) is 0 Å². The highest BCUT2D eigenvalue weighted by molar-refractivity contribution is 5.56. The van der Waals surface area contributed by atoms with Gasteiger partial charge in [-0.15, -0.1) is 0 Å². The smallest absolute Gasteiger partial charge is 0.229 e. The molecule has 4 aliphatic heterocycles. The van der Waals surface area contributed by atoms with Gasteiger partial charge in [0.1, 0.15) is 48.8 Å². The van der Waals surface area contributed by atoms with E-state index in [0.717, 1.165) is 0 Å². The van der Waals surface area contributed by atoms with Gasteiger partial charge < -0.3 is 88.2 Å². The standard InChI is InChI=1S/C34H46O18/c1-43-17-5-13(6-18(44-2)31(17)51-33-27(41)25(39)23(37)21(9-35)49-33)29-15-11-48-30(16(15)12-47-29)14-7-19(45-3)32(20(8-14)46-4)52-34-28(42)26(40)24(38)22(10-36)50-34/h5-8,15-16,21-30,33-42H,9-12H2,1-4H3/t15-,16-,21-,22-,23-,24+,25+,26+,27-,28-,29+,30+,33+,34+/m1/s1. The van der Waals surface area contributed by atoms with Crippen LogP contribution in [0, 0.1) is 11.8 Å². The number of fused-ring (bicyclic) bond motifs is 1. The number of ether oxygens (including phenoxy) is 10. The van der Waals surface area contributed by atoms with Crippen molar-refractivity contribution in [3.05, 3.63) is 35.4 Å². The van der Waals surface area contributed by atoms with Crippen LogP contribution in [0.2, 0.25) is 0 Å². The number of hydrogen-bond acceptors (Lipinski definition) is 18. The summed E-state index contributed by atoms with van der Waals surface area (Å²) in [4.78, 5) is 0. The lowest BCUT2D eigenvalue weighted by Gasteiger charge is -2.39. The van der Waals surface area contributed by atoms with E-state index in [2.05, 4.69) is 0 Å². The number of hydrogen-bond donors (Lipinski definition) is 8. The molecule has 290 valence electrons. The Hall–Kier alpha value is -3.24. The third-order valence-electron chi connectivity index (χ3n) is 10.1. The summed E-state index contributed by atoms with van der Waals surface area (Å²) in [6.07, 6.45) is -15.9. The van der Waals surface area contributed by atoms with Crippen molar-refractivity contribution in [2.75, 3.05) is 54.9 Å². The average Bonchev–Trinajstić information content (AvgIpc) is 3.78. The van der Waals surface area contributed by atoms with Crippen LogP contribution in [0.3, 0.4) is 0 Å². The molecule has 0 aromatic heterocycles. The SMILES string of the molecule is COc1cc([C@@H]2OC[C@@H]3[C@H]2CO[C@H]3c2cc(OC)c(O[C@@H]3O[C@H](CO)[C@H](O)[C@H](O)[C@H]3O)c(OC)c2)cc(OC)c1O[C@@H]1O[C@H](CO)[C@@H](O)[C@H](O)[C@H]1O. The van der Waals surface area contributed by atoms with E-state index in [4.69, 9.17) is 47.4 Å². The third kappa shape index (κ3) is 6.94. The average molecular weight is 743 g/mol. The molecule has 4 fully saturated rings. The molecule has 18 heteroatoms. The molecule has 8 N–H and O–H groups in total. The van der Waals surface area contributed by atoms with Crippen molar-refractivity contribution in [2.24, 2.45) is 11.8 Å². The molecule has 0 saturated carbocycles. The van der Waals surface area contributed by atoms with E-state index in [1.54, 1.807) is 24.3 Å². The zero-order valence-corrected chi connectivity index (χ0v) is 28.9. The lowest BCUT2D eigenvalue weighted by atomic mass is 9.84. The first-order valence-corrected chi connectivity index (χ1v) is 16.7. The van der Waals surface area contributed by atoms with Gasteiger partial charge >= 0.3 is 0 Å². The Morgan fingerprint density at radius 2 is 0.846 bits per heavy atom. The molecule has 6 rings (SSSR count). The lowest BCUT2D eigenvalue weighted by Crippen LogP contribution is -2.60. The minimum atomic E-state index is -1.65. The van der Waals surface area contributed by atoms with Crippen LogP contribution in [0.1, 0.15) is 23.3 Å². The molecule has 0 unspecified atom stereocenters. The Kier molecular flexibility index (Phi) is 11.8. The minimum Gasteiger partial charge on any atom is -0.493 e. The highest BCUT2D eigenvalue weighted by Crippen LogP contribution is 2.54. The molecule has 2 aromatic carbocycles. The Balaban J connectivity index is 1.22. The molecule has 0 spiro atoms. The van der Waals surface area contributed by atoms with Crippen LogP contribution in [0.15, 0.2) is 24.3 Å². The number of aliphatic hydroxyl groups is 8. The van der Waals surface area contributed by atoms with E-state index in [1.807, 2.05) is 0 Å². The predicted molar refractivity (Wildman–Crippen MR) is 172 cm³/mol. The van der Waals surface area contributed by atoms with E-state index in [1.165, 1.54) is 28.4 Å². The second-order valence-electron chi connectivity index (χ2n) is 13.0. The molecule has 14 atom stereocenters. The topological polar surface area (TPSA) is 254 Å². The van der Waals surface area contributed by atoms with Crippen molar-refractivity contribution in [1.29, 1.82) is 0 Å². The Labute approximate surface area is 298 Å². The van der Waals surface area contributed by atoms with Crippen LogP contribution in [0.5, 0.6) is 34.5 Å². The Bertz CT molecular complexity index is 1360. The van der Waals surface area contributed by atoms with Gasteiger partial charge in [0.2, 0.25) is 24.1 Å². The normalized spacial score (nSPS) is 37.3. The Morgan fingerprint density at radius 1 is 0.519 bits per heavy atom. The van der Waals surface area contributed by atoms with Gasteiger partial charge in [0.05, 0.1) is 67.1 Å². The van der Waals surface area contributed by atoms with Crippen LogP contribution in [-0.4, -0.2) is 157 Å². The number of benzene rings is 2. The van der Waals surface area contributed by atoms with Crippen molar-refractivity contribution in [1.82, 2.24) is 0 Å². The van der Waals surface area contributed by atoms with Crippen LogP contribution in [0.4, 0.5) is 0 Å². The summed E-state index contributed by atoms with van der Waals surface area (Å²) in [6.45, 7) is -0.604. The zero-order valence-electron chi connectivity index (χ0n) is 28.9. The van der Waals surface area contributed by atoms with Gasteiger partial charge in [0.25, 0.3) is 0 Å². The monoisotopic (exact) mass is 742 g/mol. The number of aliphatic hydroxyl groups excluding tert-OH is 8. The first-order chi connectivity index (χ1) is 25.0. The van der Waals surface area contributed by atoms with Crippen LogP contribution in [-0.2, 0) is 18.9 Å². The largest absolute Gasteiger partial charge is 0.493 e. The van der Waals surface area contributed by atoms with Gasteiger partial charge in [0.15, 0.2) is 23.0 Å². The molecule has 2 aromatic rings. The van der Waals surface area contributed by atoms with Crippen molar-refractivity contribution >= 4 is 0 Å². The molecule has 0 amide bonds. The van der Waals surface area contributed by atoms with Gasteiger partial charge in [-0.2, -0.15) is 0 Å². The van der Waals surface area contributed by atoms with E-state index < -0.39 is 86.8 Å². The molecule has 4 aliphatic rings. The fourth-order valence-electron chi connectivity index (χ4n) is 7.16. The molecule has 0 aliphatic carbocycles. The van der Waals surface area contributed by atoms with Gasteiger partial charge in [-0.25, -0.2) is 0 Å². The van der Waals surface area contributed by atoms with E-state index in [0.29, 0.717) is 24.3 Å². The van der Waals surface area contributed by atoms with E-state index >= 15 is 0 Å². The third-order valence-corrected chi connectivity index (χ3v) is 10.1. The van der Waals surface area contributed by atoms with Crippen LogP contribution in [0.25, 0.3) is 0 Å². The fraction of sp³-hybridized carbons (Fsp3) is 0.647. The summed E-state index contributed by atoms with van der Waals surface area (Å²) in [5.41, 5.74) is 1.37. The van der Waals surface area contributed by atoms with E-state index in [-0.39, 0.29) is 46.3 Å². The molecular weight excluding hydrogens is 696 g/mol. The first-order valence-electron chi connectivity index (χ1n) is 16.7. The minimum absolute atomic E-state index is 0.0541.